The van der Waals surface area contributed by atoms with Crippen molar-refractivity contribution in [3.05, 3.63) is 12.4 Å². The van der Waals surface area contributed by atoms with Gasteiger partial charge in [-0.15, -0.1) is 0 Å². The second-order valence-corrected chi connectivity index (χ2v) is 4.59. The van der Waals surface area contributed by atoms with Crippen LogP contribution in [0.4, 0.5) is 5.95 Å². The fraction of sp³-hybridized carbons (Fsp3) is 0.750. The van der Waals surface area contributed by atoms with Gasteiger partial charge in [-0.25, -0.2) is 4.98 Å². The van der Waals surface area contributed by atoms with Crippen molar-refractivity contribution in [2.45, 2.75) is 31.8 Å². The number of nitrogens with two attached hydrogens (primary N) is 1. The molecule has 17 heavy (non-hydrogen) atoms. The molecule has 96 valence electrons. The zero-order valence-electron chi connectivity index (χ0n) is 10.5. The fourth-order valence-electron chi connectivity index (χ4n) is 2.24. The highest BCUT2D eigenvalue weighted by Gasteiger charge is 2.19. The van der Waals surface area contributed by atoms with E-state index >= 15 is 0 Å². The number of rotatable bonds is 5. The molecule has 1 aliphatic rings. The third-order valence-electron chi connectivity index (χ3n) is 3.26. The highest BCUT2D eigenvalue weighted by molar-refractivity contribution is 5.32. The van der Waals surface area contributed by atoms with E-state index in [4.69, 9.17) is 10.5 Å². The van der Waals surface area contributed by atoms with Crippen molar-refractivity contribution >= 4 is 5.95 Å². The number of imidazole rings is 1. The summed E-state index contributed by atoms with van der Waals surface area (Å²) in [7, 11) is 1.74. The number of piperidine rings is 1. The lowest BCUT2D eigenvalue weighted by atomic mass is 10.1. The molecule has 2 rings (SSSR count). The maximum absolute atomic E-state index is 5.92. The van der Waals surface area contributed by atoms with E-state index in [1.54, 1.807) is 7.11 Å². The number of nitrogens with zero attached hydrogens (tertiary/aromatic N) is 3. The molecule has 5 heteroatoms. The maximum atomic E-state index is 5.92. The van der Waals surface area contributed by atoms with E-state index in [2.05, 4.69) is 14.5 Å². The summed E-state index contributed by atoms with van der Waals surface area (Å²) in [5.41, 5.74) is 5.92. The summed E-state index contributed by atoms with van der Waals surface area (Å²) in [5.74, 6) is 1.08. The number of methoxy groups -OCH3 is 1. The van der Waals surface area contributed by atoms with E-state index in [0.29, 0.717) is 6.04 Å². The van der Waals surface area contributed by atoms with Gasteiger partial charge in [0.1, 0.15) is 0 Å². The highest BCUT2D eigenvalue weighted by Crippen LogP contribution is 2.17. The zero-order valence-corrected chi connectivity index (χ0v) is 10.5. The standard InChI is InChI=1S/C12H22N4O/c1-17-10-2-6-15-9-5-14-12(15)16-7-3-11(13)4-8-16/h5,9,11H,2-4,6-8,10,13H2,1H3. The SMILES string of the molecule is COCCCn1ccnc1N1CCC(N)CC1. The Morgan fingerprint density at radius 3 is 2.94 bits per heavy atom. The van der Waals surface area contributed by atoms with Crippen LogP contribution in [0.2, 0.25) is 0 Å². The average Bonchev–Trinajstić information content (AvgIpc) is 2.79. The summed E-state index contributed by atoms with van der Waals surface area (Å²) in [4.78, 5) is 6.78. The van der Waals surface area contributed by atoms with Crippen LogP contribution in [0.3, 0.4) is 0 Å². The first-order valence-corrected chi connectivity index (χ1v) is 6.32. The van der Waals surface area contributed by atoms with Crippen LogP contribution in [0.1, 0.15) is 19.3 Å². The van der Waals surface area contributed by atoms with Crippen molar-refractivity contribution in [3.8, 4) is 0 Å². The average molecular weight is 238 g/mol. The molecule has 5 nitrogen and oxygen atoms in total. The first kappa shape index (κ1) is 12.4. The molecule has 0 aromatic carbocycles. The predicted molar refractivity (Wildman–Crippen MR) is 68.1 cm³/mol. The second-order valence-electron chi connectivity index (χ2n) is 4.59. The van der Waals surface area contributed by atoms with E-state index in [0.717, 1.165) is 51.5 Å². The third kappa shape index (κ3) is 3.20. The summed E-state index contributed by atoms with van der Waals surface area (Å²) in [5, 5.41) is 0. The monoisotopic (exact) mass is 238 g/mol. The smallest absolute Gasteiger partial charge is 0.205 e. The third-order valence-corrected chi connectivity index (χ3v) is 3.26. The molecule has 2 heterocycles. The summed E-state index contributed by atoms with van der Waals surface area (Å²) in [6, 6.07) is 0.364. The Balaban J connectivity index is 1.93. The van der Waals surface area contributed by atoms with E-state index < -0.39 is 0 Å². The van der Waals surface area contributed by atoms with Crippen molar-refractivity contribution in [2.24, 2.45) is 5.73 Å². The molecule has 0 amide bonds. The molecular weight excluding hydrogens is 216 g/mol. The van der Waals surface area contributed by atoms with Crippen LogP contribution < -0.4 is 10.6 Å². The van der Waals surface area contributed by atoms with E-state index in [9.17, 15) is 0 Å². The normalized spacial score (nSPS) is 17.6. The lowest BCUT2D eigenvalue weighted by molar-refractivity contribution is 0.190. The topological polar surface area (TPSA) is 56.3 Å². The van der Waals surface area contributed by atoms with Gasteiger partial charge < -0.3 is 19.9 Å². The second kappa shape index (κ2) is 6.02. The molecule has 0 unspecified atom stereocenters. The molecule has 1 aliphatic heterocycles. The first-order valence-electron chi connectivity index (χ1n) is 6.32. The van der Waals surface area contributed by atoms with Crippen molar-refractivity contribution in [1.82, 2.24) is 9.55 Å². The molecular formula is C12H22N4O. The van der Waals surface area contributed by atoms with Crippen LogP contribution in [0.25, 0.3) is 0 Å². The van der Waals surface area contributed by atoms with Crippen LogP contribution in [-0.4, -0.2) is 42.4 Å². The molecule has 1 fully saturated rings. The predicted octanol–water partition coefficient (Wildman–Crippen LogP) is 0.847. The molecule has 1 aromatic rings. The van der Waals surface area contributed by atoms with Gasteiger partial charge in [-0.1, -0.05) is 0 Å². The van der Waals surface area contributed by atoms with Crippen molar-refractivity contribution in [1.29, 1.82) is 0 Å². The quantitative estimate of drug-likeness (QED) is 0.773. The summed E-state index contributed by atoms with van der Waals surface area (Å²) < 4.78 is 7.28. The Hall–Kier alpha value is -1.07. The summed E-state index contributed by atoms with van der Waals surface area (Å²) >= 11 is 0. The van der Waals surface area contributed by atoms with Gasteiger partial charge in [-0.3, -0.25) is 0 Å². The minimum atomic E-state index is 0.364. The van der Waals surface area contributed by atoms with Gasteiger partial charge in [0.15, 0.2) is 0 Å². The Kier molecular flexibility index (Phi) is 4.39. The number of ether oxygens (including phenoxy) is 1. The molecule has 1 saturated heterocycles. The molecule has 0 bridgehead atoms. The number of hydrogen-bond acceptors (Lipinski definition) is 4. The number of aromatic nitrogens is 2. The zero-order chi connectivity index (χ0) is 12.1. The largest absolute Gasteiger partial charge is 0.385 e. The highest BCUT2D eigenvalue weighted by atomic mass is 16.5. The lowest BCUT2D eigenvalue weighted by Crippen LogP contribution is -2.40. The van der Waals surface area contributed by atoms with Gasteiger partial charge in [0, 0.05) is 51.8 Å². The molecule has 0 radical (unpaired) electrons. The van der Waals surface area contributed by atoms with E-state index in [1.165, 1.54) is 0 Å². The lowest BCUT2D eigenvalue weighted by Gasteiger charge is -2.31. The molecule has 0 spiro atoms. The van der Waals surface area contributed by atoms with Gasteiger partial charge in [0.05, 0.1) is 0 Å². The summed E-state index contributed by atoms with van der Waals surface area (Å²) in [6.07, 6.45) is 7.05. The van der Waals surface area contributed by atoms with Crippen LogP contribution >= 0.6 is 0 Å². The minimum absolute atomic E-state index is 0.364. The van der Waals surface area contributed by atoms with Crippen LogP contribution in [0, 0.1) is 0 Å². The van der Waals surface area contributed by atoms with Gasteiger partial charge in [-0.2, -0.15) is 0 Å². The summed E-state index contributed by atoms with van der Waals surface area (Å²) in [6.45, 7) is 3.79. The number of anilines is 1. The van der Waals surface area contributed by atoms with Crippen molar-refractivity contribution in [3.63, 3.8) is 0 Å². The molecule has 0 saturated carbocycles. The number of aryl methyl sites for hydroxylation is 1. The molecule has 2 N–H and O–H groups in total. The van der Waals surface area contributed by atoms with Crippen molar-refractivity contribution in [2.75, 3.05) is 31.7 Å². The first-order chi connectivity index (χ1) is 8.31. The minimum Gasteiger partial charge on any atom is -0.385 e. The van der Waals surface area contributed by atoms with E-state index in [-0.39, 0.29) is 0 Å². The van der Waals surface area contributed by atoms with Crippen LogP contribution in [-0.2, 0) is 11.3 Å². The van der Waals surface area contributed by atoms with Gasteiger partial charge in [0.25, 0.3) is 0 Å². The fourth-order valence-corrected chi connectivity index (χ4v) is 2.24. The van der Waals surface area contributed by atoms with Gasteiger partial charge >= 0.3 is 0 Å². The Labute approximate surface area is 103 Å². The molecule has 0 atom stereocenters. The Morgan fingerprint density at radius 1 is 1.47 bits per heavy atom. The van der Waals surface area contributed by atoms with E-state index in [1.807, 2.05) is 12.4 Å². The van der Waals surface area contributed by atoms with Crippen LogP contribution in [0.15, 0.2) is 12.4 Å². The molecule has 1 aromatic heterocycles. The Morgan fingerprint density at radius 2 is 2.24 bits per heavy atom. The van der Waals surface area contributed by atoms with Gasteiger partial charge in [0.2, 0.25) is 5.95 Å². The number of hydrogen-bond donors (Lipinski definition) is 1. The molecule has 0 aliphatic carbocycles. The maximum Gasteiger partial charge on any atom is 0.205 e. The van der Waals surface area contributed by atoms with Crippen LogP contribution in [0.5, 0.6) is 0 Å². The Bertz CT molecular complexity index is 331. The van der Waals surface area contributed by atoms with Gasteiger partial charge in [-0.05, 0) is 19.3 Å². The van der Waals surface area contributed by atoms with Crippen molar-refractivity contribution < 1.29 is 4.74 Å².